The maximum atomic E-state index is 15.3. The number of carbonyl (C=O) groups excluding carboxylic acids is 2. The molecule has 2 amide bonds. The van der Waals surface area contributed by atoms with Gasteiger partial charge in [0.15, 0.2) is 0 Å². The number of benzene rings is 3. The molecule has 0 bridgehead atoms. The van der Waals surface area contributed by atoms with E-state index in [9.17, 15) is 19.1 Å². The summed E-state index contributed by atoms with van der Waals surface area (Å²) in [6.07, 6.45) is 1.46. The van der Waals surface area contributed by atoms with Crippen molar-refractivity contribution >= 4 is 45.9 Å². The van der Waals surface area contributed by atoms with Crippen molar-refractivity contribution in [2.45, 2.75) is 17.9 Å². The molecular weight excluding hydrogens is 653 g/mol. The smallest absolute Gasteiger partial charge is 0.251 e. The Morgan fingerprint density at radius 2 is 1.85 bits per heavy atom. The number of fused-ring (bicyclic) bond motifs is 2. The van der Waals surface area contributed by atoms with E-state index in [1.807, 2.05) is 0 Å². The first-order chi connectivity index (χ1) is 22.4. The van der Waals surface area contributed by atoms with Crippen molar-refractivity contribution in [1.82, 2.24) is 15.3 Å². The monoisotopic (exact) mass is 678 g/mol. The van der Waals surface area contributed by atoms with Crippen molar-refractivity contribution in [2.24, 2.45) is 5.73 Å². The lowest BCUT2D eigenvalue weighted by molar-refractivity contribution is -0.123. The second kappa shape index (κ2) is 12.1. The second-order valence-electron chi connectivity index (χ2n) is 11.3. The Bertz CT molecular complexity index is 2080. The lowest BCUT2D eigenvalue weighted by atomic mass is 9.80. The Kier molecular flexibility index (Phi) is 8.25. The number of nitrogens with one attached hydrogen (secondary N) is 1. The SMILES string of the molecule is COc1cc(C(=O)NC[C@@](O)(c2ccccc2)c2cc3c(c(-c4cc(Cl)c(F)cc4F)n2)OC[C@]3(C)C(N)=O)cc2cc(Cl)cnc12. The van der Waals surface area contributed by atoms with E-state index in [0.717, 1.165) is 6.07 Å². The number of aromatic nitrogens is 2. The van der Waals surface area contributed by atoms with Crippen LogP contribution in [0.3, 0.4) is 0 Å². The van der Waals surface area contributed by atoms with Gasteiger partial charge in [-0.25, -0.2) is 13.8 Å². The molecule has 0 unspecified atom stereocenters. The maximum absolute atomic E-state index is 15.3. The second-order valence-corrected chi connectivity index (χ2v) is 12.1. The van der Waals surface area contributed by atoms with Crippen molar-refractivity contribution in [3.05, 3.63) is 117 Å². The fourth-order valence-electron chi connectivity index (χ4n) is 5.53. The maximum Gasteiger partial charge on any atom is 0.251 e. The summed E-state index contributed by atoms with van der Waals surface area (Å²) in [5.74, 6) is -2.97. The number of hydrogen-bond donors (Lipinski definition) is 3. The molecule has 3 heterocycles. The van der Waals surface area contributed by atoms with E-state index in [-0.39, 0.29) is 45.5 Å². The van der Waals surface area contributed by atoms with Crippen molar-refractivity contribution in [1.29, 1.82) is 0 Å². The summed E-state index contributed by atoms with van der Waals surface area (Å²) in [4.78, 5) is 35.2. The van der Waals surface area contributed by atoms with Crippen LogP contribution >= 0.6 is 23.2 Å². The lowest BCUT2D eigenvalue weighted by Gasteiger charge is -2.30. The number of primary amides is 1. The molecule has 0 saturated heterocycles. The number of nitrogens with zero attached hydrogens (tertiary/aromatic N) is 2. The number of ether oxygens (including phenoxy) is 2. The largest absolute Gasteiger partial charge is 0.494 e. The first-order valence-corrected chi connectivity index (χ1v) is 14.9. The van der Waals surface area contributed by atoms with Crippen molar-refractivity contribution in [2.75, 3.05) is 20.3 Å². The van der Waals surface area contributed by atoms with Gasteiger partial charge in [-0.05, 0) is 42.8 Å². The minimum absolute atomic E-state index is 0.0200. The Labute approximate surface area is 277 Å². The summed E-state index contributed by atoms with van der Waals surface area (Å²) in [7, 11) is 1.44. The lowest BCUT2D eigenvalue weighted by Crippen LogP contribution is -2.43. The van der Waals surface area contributed by atoms with Crippen LogP contribution in [-0.4, -0.2) is 47.2 Å². The molecule has 0 spiro atoms. The molecule has 2 atom stereocenters. The third-order valence-corrected chi connectivity index (χ3v) is 8.75. The van der Waals surface area contributed by atoms with Gasteiger partial charge in [0.05, 0.1) is 29.4 Å². The molecule has 0 fully saturated rings. The van der Waals surface area contributed by atoms with E-state index in [0.29, 0.717) is 33.3 Å². The Morgan fingerprint density at radius 3 is 2.55 bits per heavy atom. The summed E-state index contributed by atoms with van der Waals surface area (Å²) >= 11 is 12.2. The zero-order valence-corrected chi connectivity index (χ0v) is 26.4. The van der Waals surface area contributed by atoms with Crippen LogP contribution in [0.1, 0.15) is 34.1 Å². The van der Waals surface area contributed by atoms with Crippen LogP contribution in [0.2, 0.25) is 10.0 Å². The van der Waals surface area contributed by atoms with Crippen LogP contribution in [-0.2, 0) is 15.8 Å². The van der Waals surface area contributed by atoms with Crippen LogP contribution in [0.15, 0.2) is 72.9 Å². The molecule has 4 N–H and O–H groups in total. The molecule has 2 aromatic heterocycles. The fourth-order valence-corrected chi connectivity index (χ4v) is 5.86. The van der Waals surface area contributed by atoms with Gasteiger partial charge in [0.25, 0.3) is 5.91 Å². The van der Waals surface area contributed by atoms with Gasteiger partial charge in [0.1, 0.15) is 52.0 Å². The zero-order chi connectivity index (χ0) is 33.7. The molecule has 1 aliphatic heterocycles. The summed E-state index contributed by atoms with van der Waals surface area (Å²) < 4.78 is 40.7. The van der Waals surface area contributed by atoms with Gasteiger partial charge >= 0.3 is 0 Å². The number of aliphatic hydroxyl groups is 1. The molecule has 240 valence electrons. The number of nitrogens with two attached hydrogens (primary N) is 1. The number of rotatable bonds is 8. The number of carbonyl (C=O) groups is 2. The average molecular weight is 680 g/mol. The normalized spacial score (nSPS) is 16.7. The van der Waals surface area contributed by atoms with Crippen molar-refractivity contribution < 1.29 is 33.0 Å². The van der Waals surface area contributed by atoms with Crippen LogP contribution in [0.25, 0.3) is 22.2 Å². The molecule has 13 heteroatoms. The summed E-state index contributed by atoms with van der Waals surface area (Å²) in [6, 6.07) is 16.1. The van der Waals surface area contributed by atoms with Crippen LogP contribution < -0.4 is 20.5 Å². The van der Waals surface area contributed by atoms with Crippen molar-refractivity contribution in [3.8, 4) is 22.8 Å². The molecular formula is C34H26Cl2F2N4O5. The van der Waals surface area contributed by atoms with Gasteiger partial charge < -0.3 is 25.6 Å². The highest BCUT2D eigenvalue weighted by atomic mass is 35.5. The quantitative estimate of drug-likeness (QED) is 0.179. The molecule has 3 aromatic carbocycles. The molecule has 0 aliphatic carbocycles. The molecule has 9 nitrogen and oxygen atoms in total. The third-order valence-electron chi connectivity index (χ3n) is 8.26. The van der Waals surface area contributed by atoms with Gasteiger partial charge in [0, 0.05) is 34.3 Å². The van der Waals surface area contributed by atoms with E-state index in [1.165, 1.54) is 25.4 Å². The summed E-state index contributed by atoms with van der Waals surface area (Å²) in [6.45, 7) is 0.909. The molecule has 6 rings (SSSR count). The fraction of sp³-hybridized carbons (Fsp3) is 0.176. The first-order valence-electron chi connectivity index (χ1n) is 14.2. The van der Waals surface area contributed by atoms with Crippen LogP contribution in [0.5, 0.6) is 11.5 Å². The molecule has 47 heavy (non-hydrogen) atoms. The Hall–Kier alpha value is -4.84. The topological polar surface area (TPSA) is 137 Å². The minimum atomic E-state index is -2.06. The summed E-state index contributed by atoms with van der Waals surface area (Å²) in [5.41, 5.74) is 3.07. The van der Waals surface area contributed by atoms with Crippen LogP contribution in [0.4, 0.5) is 8.78 Å². The molecule has 0 radical (unpaired) electrons. The number of amides is 2. The van der Waals surface area contributed by atoms with E-state index >= 15 is 4.39 Å². The standard InChI is InChI=1S/C34H26Cl2F2N4O5/c1-33(32(39)44)16-47-30-22(33)12-27(42-29(30)21-11-23(36)25(38)13-24(21)37)34(45,19-6-4-3-5-7-19)15-41-31(43)18-8-17-9-20(35)14-40-28(17)26(10-18)46-2/h3-14,45H,15-16H2,1-2H3,(H2,39,44)(H,41,43)/t33-,34+/m0/s1. The van der Waals surface area contributed by atoms with Crippen molar-refractivity contribution in [3.63, 3.8) is 0 Å². The van der Waals surface area contributed by atoms with E-state index in [1.54, 1.807) is 49.4 Å². The first kappa shape index (κ1) is 32.1. The van der Waals surface area contributed by atoms with E-state index in [2.05, 4.69) is 15.3 Å². The van der Waals surface area contributed by atoms with Gasteiger partial charge in [-0.15, -0.1) is 0 Å². The van der Waals surface area contributed by atoms with E-state index < -0.39 is 41.0 Å². The number of halogens is 4. The van der Waals surface area contributed by atoms with Gasteiger partial charge in [-0.1, -0.05) is 53.5 Å². The number of hydrogen-bond acceptors (Lipinski definition) is 7. The van der Waals surface area contributed by atoms with Gasteiger partial charge in [-0.2, -0.15) is 0 Å². The van der Waals surface area contributed by atoms with Gasteiger partial charge in [0.2, 0.25) is 5.91 Å². The highest BCUT2D eigenvalue weighted by Crippen LogP contribution is 2.47. The van der Waals surface area contributed by atoms with Crippen LogP contribution in [0, 0.1) is 11.6 Å². The third kappa shape index (κ3) is 5.60. The highest BCUT2D eigenvalue weighted by Gasteiger charge is 2.46. The predicted octanol–water partition coefficient (Wildman–Crippen LogP) is 5.69. The summed E-state index contributed by atoms with van der Waals surface area (Å²) in [5, 5.41) is 15.8. The predicted molar refractivity (Wildman–Crippen MR) is 172 cm³/mol. The molecule has 1 aliphatic rings. The number of methoxy groups -OCH3 is 1. The van der Waals surface area contributed by atoms with E-state index in [4.69, 9.17) is 38.4 Å². The number of pyridine rings is 2. The Morgan fingerprint density at radius 1 is 1.11 bits per heavy atom. The Balaban J connectivity index is 1.50. The molecule has 0 saturated carbocycles. The zero-order valence-electron chi connectivity index (χ0n) is 24.9. The van der Waals surface area contributed by atoms with Gasteiger partial charge in [-0.3, -0.25) is 14.6 Å². The highest BCUT2D eigenvalue weighted by molar-refractivity contribution is 6.31. The molecule has 5 aromatic rings. The minimum Gasteiger partial charge on any atom is -0.494 e. The average Bonchev–Trinajstić information content (AvgIpc) is 3.42.